The van der Waals surface area contributed by atoms with Crippen LogP contribution in [0.1, 0.15) is 64.2 Å². The maximum Gasteiger partial charge on any atom is 0.309 e. The van der Waals surface area contributed by atoms with E-state index >= 15 is 0 Å². The molecule has 6 rings (SSSR count). The number of hydrogen-bond acceptors (Lipinski definition) is 4. The topological polar surface area (TPSA) is 89.7 Å². The van der Waals surface area contributed by atoms with Crippen molar-refractivity contribution in [3.05, 3.63) is 0 Å². The Morgan fingerprint density at radius 1 is 0.964 bits per heavy atom. The molecule has 2 amide bonds. The third-order valence-corrected chi connectivity index (χ3v) is 8.29. The van der Waals surface area contributed by atoms with Gasteiger partial charge < -0.3 is 15.4 Å². The summed E-state index contributed by atoms with van der Waals surface area (Å²) in [4.78, 5) is 39.6. The van der Waals surface area contributed by atoms with Crippen molar-refractivity contribution >= 4 is 17.8 Å². The third-order valence-electron chi connectivity index (χ3n) is 8.29. The van der Waals surface area contributed by atoms with E-state index in [1.807, 2.05) is 4.90 Å². The first kappa shape index (κ1) is 18.4. The number of hydrogen-bond donors (Lipinski definition) is 1. The molecule has 4 bridgehead atoms. The molecule has 6 nitrogen and oxygen atoms in total. The predicted molar refractivity (Wildman–Crippen MR) is 102 cm³/mol. The van der Waals surface area contributed by atoms with Gasteiger partial charge in [0.2, 0.25) is 11.8 Å². The minimum atomic E-state index is -0.634. The minimum absolute atomic E-state index is 0.160. The first-order chi connectivity index (χ1) is 13.4. The molecule has 28 heavy (non-hydrogen) atoms. The second-order valence-electron chi connectivity index (χ2n) is 10.3. The Morgan fingerprint density at radius 2 is 1.61 bits per heavy atom. The smallest absolute Gasteiger partial charge is 0.309 e. The molecule has 6 fully saturated rings. The number of piperidine rings is 1. The molecule has 6 aliphatic rings. The van der Waals surface area contributed by atoms with E-state index in [1.54, 1.807) is 0 Å². The van der Waals surface area contributed by atoms with Gasteiger partial charge in [0.1, 0.15) is 6.10 Å². The van der Waals surface area contributed by atoms with Crippen LogP contribution in [0.5, 0.6) is 0 Å². The van der Waals surface area contributed by atoms with Crippen LogP contribution in [0.2, 0.25) is 0 Å². The Kier molecular flexibility index (Phi) is 4.44. The van der Waals surface area contributed by atoms with Crippen LogP contribution < -0.4 is 5.73 Å². The lowest BCUT2D eigenvalue weighted by Crippen LogP contribution is -2.62. The fourth-order valence-corrected chi connectivity index (χ4v) is 6.83. The molecule has 0 aromatic heterocycles. The SMILES string of the molecule is NC(=O)C12CC3CC(CC(C3)C1OC(=O)C1CCN(C(=O)CC3CC3)CC1)C2. The first-order valence-corrected chi connectivity index (χ1v) is 11.2. The minimum Gasteiger partial charge on any atom is -0.461 e. The fraction of sp³-hybridized carbons (Fsp3) is 0.864. The van der Waals surface area contributed by atoms with Crippen LogP contribution in [0.15, 0.2) is 0 Å². The molecule has 0 spiro atoms. The number of nitrogens with zero attached hydrogens (tertiary/aromatic N) is 1. The Hall–Kier alpha value is -1.59. The quantitative estimate of drug-likeness (QED) is 0.732. The van der Waals surface area contributed by atoms with E-state index < -0.39 is 5.41 Å². The second-order valence-corrected chi connectivity index (χ2v) is 10.3. The first-order valence-electron chi connectivity index (χ1n) is 11.2. The zero-order valence-electron chi connectivity index (χ0n) is 16.6. The van der Waals surface area contributed by atoms with E-state index in [4.69, 9.17) is 10.5 Å². The van der Waals surface area contributed by atoms with E-state index in [0.29, 0.717) is 56.0 Å². The van der Waals surface area contributed by atoms with Gasteiger partial charge in [0.25, 0.3) is 0 Å². The van der Waals surface area contributed by atoms with Crippen LogP contribution in [0.4, 0.5) is 0 Å². The zero-order valence-corrected chi connectivity index (χ0v) is 16.6. The van der Waals surface area contributed by atoms with Crippen molar-refractivity contribution < 1.29 is 19.1 Å². The highest BCUT2D eigenvalue weighted by Gasteiger charge is 2.62. The van der Waals surface area contributed by atoms with Gasteiger partial charge in [-0.05, 0) is 81.5 Å². The maximum atomic E-state index is 12.9. The summed E-state index contributed by atoms with van der Waals surface area (Å²) < 4.78 is 6.06. The molecule has 0 aromatic rings. The van der Waals surface area contributed by atoms with Gasteiger partial charge in [0.05, 0.1) is 11.3 Å². The highest BCUT2D eigenvalue weighted by Crippen LogP contribution is 2.61. The Bertz CT molecular complexity index is 666. The molecule has 0 radical (unpaired) electrons. The molecule has 154 valence electrons. The molecule has 1 heterocycles. The molecular weight excluding hydrogens is 356 g/mol. The molecule has 2 N–H and O–H groups in total. The lowest BCUT2D eigenvalue weighted by molar-refractivity contribution is -0.199. The lowest BCUT2D eigenvalue weighted by atomic mass is 9.48. The van der Waals surface area contributed by atoms with Crippen LogP contribution in [-0.2, 0) is 19.1 Å². The number of primary amides is 1. The number of amides is 2. The predicted octanol–water partition coefficient (Wildman–Crippen LogP) is 2.25. The molecular formula is C22H32N2O4. The summed E-state index contributed by atoms with van der Waals surface area (Å²) in [6.45, 7) is 1.29. The van der Waals surface area contributed by atoms with E-state index in [-0.39, 0.29) is 29.8 Å². The number of nitrogens with two attached hydrogens (primary N) is 1. The number of carbonyl (C=O) groups is 3. The van der Waals surface area contributed by atoms with Crippen molar-refractivity contribution in [3.8, 4) is 0 Å². The fourth-order valence-electron chi connectivity index (χ4n) is 6.83. The van der Waals surface area contributed by atoms with Crippen LogP contribution in [0.25, 0.3) is 0 Å². The number of carbonyl (C=O) groups excluding carboxylic acids is 3. The summed E-state index contributed by atoms with van der Waals surface area (Å²) in [7, 11) is 0. The van der Waals surface area contributed by atoms with E-state index in [0.717, 1.165) is 25.7 Å². The lowest BCUT2D eigenvalue weighted by Gasteiger charge is -2.58. The van der Waals surface area contributed by atoms with E-state index in [9.17, 15) is 14.4 Å². The van der Waals surface area contributed by atoms with Crippen LogP contribution >= 0.6 is 0 Å². The monoisotopic (exact) mass is 388 g/mol. The maximum absolute atomic E-state index is 12.9. The van der Waals surface area contributed by atoms with Gasteiger partial charge in [-0.3, -0.25) is 14.4 Å². The van der Waals surface area contributed by atoms with Gasteiger partial charge >= 0.3 is 5.97 Å². The summed E-state index contributed by atoms with van der Waals surface area (Å²) in [5.74, 6) is 1.66. The van der Waals surface area contributed by atoms with Crippen LogP contribution in [0.3, 0.4) is 0 Å². The summed E-state index contributed by atoms with van der Waals surface area (Å²) in [6, 6.07) is 0. The van der Waals surface area contributed by atoms with Crippen molar-refractivity contribution in [2.75, 3.05) is 13.1 Å². The second kappa shape index (κ2) is 6.74. The van der Waals surface area contributed by atoms with Gasteiger partial charge in [-0.2, -0.15) is 0 Å². The van der Waals surface area contributed by atoms with Gasteiger partial charge in [-0.1, -0.05) is 0 Å². The summed E-state index contributed by atoms with van der Waals surface area (Å²) >= 11 is 0. The molecule has 3 atom stereocenters. The van der Waals surface area contributed by atoms with E-state index in [1.165, 1.54) is 19.3 Å². The number of likely N-dealkylation sites (tertiary alicyclic amines) is 1. The molecule has 6 heteroatoms. The Balaban J connectivity index is 1.21. The molecule has 1 aliphatic heterocycles. The van der Waals surface area contributed by atoms with Crippen molar-refractivity contribution in [2.24, 2.45) is 40.7 Å². The van der Waals surface area contributed by atoms with Crippen molar-refractivity contribution in [1.29, 1.82) is 0 Å². The van der Waals surface area contributed by atoms with E-state index in [2.05, 4.69) is 0 Å². The summed E-state index contributed by atoms with van der Waals surface area (Å²) in [5, 5.41) is 0. The highest BCUT2D eigenvalue weighted by atomic mass is 16.5. The molecule has 5 saturated carbocycles. The largest absolute Gasteiger partial charge is 0.461 e. The Labute approximate surface area is 166 Å². The van der Waals surface area contributed by atoms with Crippen molar-refractivity contribution in [3.63, 3.8) is 0 Å². The number of ether oxygens (including phenoxy) is 1. The average Bonchev–Trinajstić information content (AvgIpc) is 3.48. The third kappa shape index (κ3) is 3.13. The van der Waals surface area contributed by atoms with Gasteiger partial charge in [-0.15, -0.1) is 0 Å². The Morgan fingerprint density at radius 3 is 2.18 bits per heavy atom. The average molecular weight is 389 g/mol. The zero-order chi connectivity index (χ0) is 19.5. The van der Waals surface area contributed by atoms with Crippen molar-refractivity contribution in [2.45, 2.75) is 70.3 Å². The summed E-state index contributed by atoms with van der Waals surface area (Å²) in [6.07, 6.45) is 8.96. The number of rotatable bonds is 5. The van der Waals surface area contributed by atoms with Gasteiger partial charge in [-0.25, -0.2) is 0 Å². The highest BCUT2D eigenvalue weighted by molar-refractivity contribution is 5.83. The molecule has 1 saturated heterocycles. The molecule has 0 aromatic carbocycles. The van der Waals surface area contributed by atoms with Crippen LogP contribution in [0, 0.1) is 35.0 Å². The standard InChI is InChI=1S/C22H32N2O4/c23-21(27)22-11-14-7-15(12-22)9-17(8-14)19(22)28-20(26)16-3-5-24(6-4-16)18(25)10-13-1-2-13/h13-17,19H,1-12H2,(H2,23,27). The summed E-state index contributed by atoms with van der Waals surface area (Å²) in [5.41, 5.74) is 5.22. The molecule has 5 aliphatic carbocycles. The van der Waals surface area contributed by atoms with Gasteiger partial charge in [0.15, 0.2) is 0 Å². The molecule has 3 unspecified atom stereocenters. The number of esters is 1. The normalized spacial score (nSPS) is 39.8. The van der Waals surface area contributed by atoms with Crippen LogP contribution in [-0.4, -0.2) is 41.9 Å². The van der Waals surface area contributed by atoms with Gasteiger partial charge in [0, 0.05) is 19.5 Å². The van der Waals surface area contributed by atoms with Crippen molar-refractivity contribution in [1.82, 2.24) is 4.90 Å².